The van der Waals surface area contributed by atoms with Crippen LogP contribution < -0.4 is 9.64 Å². The van der Waals surface area contributed by atoms with Gasteiger partial charge in [-0.1, -0.05) is 13.8 Å². The van der Waals surface area contributed by atoms with Crippen LogP contribution in [0, 0.1) is 5.92 Å². The number of β-amino-alcohol motifs (C(OH)–C–C–N with tert-alkyl or cyclic N) is 1. The zero-order chi connectivity index (χ0) is 15.7. The van der Waals surface area contributed by atoms with Crippen molar-refractivity contribution in [2.75, 3.05) is 24.6 Å². The van der Waals surface area contributed by atoms with Gasteiger partial charge in [0.25, 0.3) is 0 Å². The van der Waals surface area contributed by atoms with E-state index >= 15 is 0 Å². The molecule has 0 atom stereocenters. The van der Waals surface area contributed by atoms with E-state index < -0.39 is 5.60 Å². The second-order valence-corrected chi connectivity index (χ2v) is 6.66. The number of ether oxygens (including phenoxy) is 1. The number of fused-ring (bicyclic) bond motifs is 1. The van der Waals surface area contributed by atoms with E-state index in [0.29, 0.717) is 25.6 Å². The molecule has 1 N–H and O–H groups in total. The number of anilines is 1. The van der Waals surface area contributed by atoms with Gasteiger partial charge in [-0.05, 0) is 25.3 Å². The van der Waals surface area contributed by atoms with Crippen LogP contribution in [0.25, 0.3) is 10.9 Å². The topological polar surface area (TPSA) is 71.4 Å². The summed E-state index contributed by atoms with van der Waals surface area (Å²) in [4.78, 5) is 6.47. The average molecular weight is 302 g/mol. The van der Waals surface area contributed by atoms with Crippen LogP contribution in [0.4, 0.5) is 5.82 Å². The van der Waals surface area contributed by atoms with Crippen molar-refractivity contribution in [1.29, 1.82) is 0 Å². The molecule has 0 unspecified atom stereocenters. The molecule has 1 saturated heterocycles. The minimum absolute atomic E-state index is 0.551. The highest BCUT2D eigenvalue weighted by atomic mass is 16.5. The van der Waals surface area contributed by atoms with Crippen LogP contribution in [0.1, 0.15) is 27.2 Å². The molecule has 1 fully saturated rings. The number of pyridine rings is 1. The van der Waals surface area contributed by atoms with Crippen molar-refractivity contribution < 1.29 is 9.84 Å². The lowest BCUT2D eigenvalue weighted by Gasteiger charge is -2.44. The van der Waals surface area contributed by atoms with Gasteiger partial charge >= 0.3 is 0 Å². The third-order valence-corrected chi connectivity index (χ3v) is 3.78. The van der Waals surface area contributed by atoms with Gasteiger partial charge in [-0.25, -0.2) is 4.98 Å². The summed E-state index contributed by atoms with van der Waals surface area (Å²) in [6.45, 7) is 7.95. The summed E-state index contributed by atoms with van der Waals surface area (Å²) >= 11 is 0. The Bertz CT molecular complexity index is 664. The Hall–Kier alpha value is -1.95. The fourth-order valence-corrected chi connectivity index (χ4v) is 2.57. The van der Waals surface area contributed by atoms with Crippen molar-refractivity contribution in [3.63, 3.8) is 0 Å². The molecule has 22 heavy (non-hydrogen) atoms. The Kier molecular flexibility index (Phi) is 3.87. The zero-order valence-electron chi connectivity index (χ0n) is 13.3. The molecule has 0 aliphatic carbocycles. The van der Waals surface area contributed by atoms with Gasteiger partial charge in [0, 0.05) is 18.5 Å². The number of nitrogens with zero attached hydrogens (tertiary/aromatic N) is 4. The molecule has 3 heterocycles. The highest BCUT2D eigenvalue weighted by Crippen LogP contribution is 2.30. The first-order chi connectivity index (χ1) is 10.4. The van der Waals surface area contributed by atoms with Crippen LogP contribution in [-0.2, 0) is 0 Å². The Morgan fingerprint density at radius 3 is 2.82 bits per heavy atom. The maximum absolute atomic E-state index is 9.87. The smallest absolute Gasteiger partial charge is 0.178 e. The lowest BCUT2D eigenvalue weighted by molar-refractivity contribution is 0.0306. The van der Waals surface area contributed by atoms with Crippen molar-refractivity contribution in [1.82, 2.24) is 15.2 Å². The first-order valence-corrected chi connectivity index (χ1v) is 7.66. The Labute approximate surface area is 130 Å². The van der Waals surface area contributed by atoms with E-state index in [0.717, 1.165) is 28.9 Å². The zero-order valence-corrected chi connectivity index (χ0v) is 13.3. The number of rotatable bonds is 5. The number of aliphatic hydroxyl groups is 1. The molecule has 0 spiro atoms. The van der Waals surface area contributed by atoms with Crippen molar-refractivity contribution >= 4 is 16.7 Å². The molecule has 0 saturated carbocycles. The Balaban J connectivity index is 1.79. The first-order valence-electron chi connectivity index (χ1n) is 7.66. The van der Waals surface area contributed by atoms with Gasteiger partial charge < -0.3 is 14.7 Å². The second kappa shape index (κ2) is 5.68. The average Bonchev–Trinajstić information content (AvgIpc) is 2.43. The van der Waals surface area contributed by atoms with Gasteiger partial charge in [0.15, 0.2) is 5.82 Å². The highest BCUT2D eigenvalue weighted by molar-refractivity contribution is 5.88. The fourth-order valence-electron chi connectivity index (χ4n) is 2.57. The van der Waals surface area contributed by atoms with Crippen LogP contribution in [0.2, 0.25) is 0 Å². The van der Waals surface area contributed by atoms with Gasteiger partial charge in [-0.3, -0.25) is 0 Å². The van der Waals surface area contributed by atoms with Crippen LogP contribution in [0.15, 0.2) is 18.5 Å². The largest absolute Gasteiger partial charge is 0.492 e. The molecule has 0 radical (unpaired) electrons. The fraction of sp³-hybridized carbons (Fsp3) is 0.562. The summed E-state index contributed by atoms with van der Waals surface area (Å²) in [6.07, 6.45) is 4.44. The van der Waals surface area contributed by atoms with E-state index in [2.05, 4.69) is 29.0 Å². The SMILES string of the molecule is CC(C)CCOc1cnc2c(N3CC(C)(O)C3)nncc2c1. The lowest BCUT2D eigenvalue weighted by Crippen LogP contribution is -2.60. The molecular weight excluding hydrogens is 280 g/mol. The molecule has 2 aromatic heterocycles. The number of hydrogen-bond donors (Lipinski definition) is 1. The van der Waals surface area contributed by atoms with Gasteiger partial charge in [-0.15, -0.1) is 5.10 Å². The molecule has 1 aliphatic rings. The van der Waals surface area contributed by atoms with Crippen molar-refractivity contribution in [3.8, 4) is 5.75 Å². The molecule has 0 bridgehead atoms. The van der Waals surface area contributed by atoms with Gasteiger partial charge in [0.1, 0.15) is 11.3 Å². The van der Waals surface area contributed by atoms with Gasteiger partial charge in [-0.2, -0.15) is 5.10 Å². The molecule has 1 aliphatic heterocycles. The molecule has 0 amide bonds. The van der Waals surface area contributed by atoms with E-state index in [1.165, 1.54) is 0 Å². The van der Waals surface area contributed by atoms with Crippen molar-refractivity contribution in [2.45, 2.75) is 32.8 Å². The summed E-state index contributed by atoms with van der Waals surface area (Å²) in [5, 5.41) is 19.0. The standard InChI is InChI=1S/C16H22N4O2/c1-11(2)4-5-22-13-6-12-7-18-19-15(14(12)17-8-13)20-9-16(3,21)10-20/h6-8,11,21H,4-5,9-10H2,1-3H3. The third-order valence-electron chi connectivity index (χ3n) is 3.78. The molecule has 118 valence electrons. The predicted octanol–water partition coefficient (Wildman–Crippen LogP) is 2.02. The molecule has 6 heteroatoms. The van der Waals surface area contributed by atoms with Crippen LogP contribution in [0.5, 0.6) is 5.75 Å². The van der Waals surface area contributed by atoms with E-state index in [-0.39, 0.29) is 0 Å². The number of hydrogen-bond acceptors (Lipinski definition) is 6. The lowest BCUT2D eigenvalue weighted by atomic mass is 9.97. The van der Waals surface area contributed by atoms with Gasteiger partial charge in [0.2, 0.25) is 0 Å². The van der Waals surface area contributed by atoms with Gasteiger partial charge in [0.05, 0.1) is 24.6 Å². The summed E-state index contributed by atoms with van der Waals surface area (Å²) in [5.41, 5.74) is 0.144. The maximum atomic E-state index is 9.87. The number of aromatic nitrogens is 3. The minimum atomic E-state index is -0.649. The minimum Gasteiger partial charge on any atom is -0.492 e. The van der Waals surface area contributed by atoms with E-state index in [1.54, 1.807) is 12.4 Å². The van der Waals surface area contributed by atoms with E-state index in [9.17, 15) is 5.11 Å². The van der Waals surface area contributed by atoms with Crippen molar-refractivity contribution in [2.24, 2.45) is 5.92 Å². The normalized spacial score (nSPS) is 16.9. The first kappa shape index (κ1) is 15.0. The summed E-state index contributed by atoms with van der Waals surface area (Å²) in [6, 6.07) is 1.94. The van der Waals surface area contributed by atoms with Crippen LogP contribution in [-0.4, -0.2) is 45.6 Å². The van der Waals surface area contributed by atoms with Crippen molar-refractivity contribution in [3.05, 3.63) is 18.5 Å². The molecule has 6 nitrogen and oxygen atoms in total. The van der Waals surface area contributed by atoms with Crippen LogP contribution in [0.3, 0.4) is 0 Å². The summed E-state index contributed by atoms with van der Waals surface area (Å²) in [5.74, 6) is 2.09. The monoisotopic (exact) mass is 302 g/mol. The molecular formula is C16H22N4O2. The summed E-state index contributed by atoms with van der Waals surface area (Å²) < 4.78 is 5.73. The van der Waals surface area contributed by atoms with Crippen LogP contribution >= 0.6 is 0 Å². The van der Waals surface area contributed by atoms with E-state index in [4.69, 9.17) is 4.74 Å². The Morgan fingerprint density at radius 1 is 1.36 bits per heavy atom. The molecule has 2 aromatic rings. The predicted molar refractivity (Wildman–Crippen MR) is 85.1 cm³/mol. The second-order valence-electron chi connectivity index (χ2n) is 6.66. The quantitative estimate of drug-likeness (QED) is 0.911. The molecule has 0 aromatic carbocycles. The highest BCUT2D eigenvalue weighted by Gasteiger charge is 2.38. The summed E-state index contributed by atoms with van der Waals surface area (Å²) in [7, 11) is 0. The molecule has 3 rings (SSSR count). The maximum Gasteiger partial charge on any atom is 0.178 e. The third kappa shape index (κ3) is 3.11. The van der Waals surface area contributed by atoms with E-state index in [1.807, 2.05) is 17.9 Å². The Morgan fingerprint density at radius 2 is 2.14 bits per heavy atom.